The lowest BCUT2D eigenvalue weighted by atomic mass is 9.89. The van der Waals surface area contributed by atoms with Crippen LogP contribution in [0, 0.1) is 0 Å². The molecule has 17 heteroatoms. The molecular weight excluding hydrogens is 502 g/mol. The van der Waals surface area contributed by atoms with Crippen molar-refractivity contribution in [2.24, 2.45) is 0 Å². The highest BCUT2D eigenvalue weighted by molar-refractivity contribution is 6.07. The van der Waals surface area contributed by atoms with E-state index in [-0.39, 0.29) is 6.07 Å². The van der Waals surface area contributed by atoms with E-state index < -0.39 is 93.0 Å². The molecule has 0 fully saturated rings. The summed E-state index contributed by atoms with van der Waals surface area (Å²) in [6.45, 7) is 0. The fourth-order valence-corrected chi connectivity index (χ4v) is 2.89. The van der Waals surface area contributed by atoms with Gasteiger partial charge >= 0.3 is 36.1 Å². The van der Waals surface area contributed by atoms with Gasteiger partial charge in [0.25, 0.3) is 5.56 Å². The van der Waals surface area contributed by atoms with E-state index in [4.69, 9.17) is 5.73 Å². The van der Waals surface area contributed by atoms with Crippen molar-refractivity contribution in [1.82, 2.24) is 4.98 Å². The van der Waals surface area contributed by atoms with Gasteiger partial charge in [-0.3, -0.25) is 4.79 Å². The minimum atomic E-state index is -7.06. The number of nitrogens with two attached hydrogens (primary N) is 1. The summed E-state index contributed by atoms with van der Waals surface area (Å²) in [5.74, 6) is -19.2. The minimum Gasteiger partial charge on any atom is -0.478 e. The molecule has 1 heterocycles. The number of rotatable bonds is 5. The average molecular weight is 510 g/mol. The third kappa shape index (κ3) is 4.12. The van der Waals surface area contributed by atoms with Crippen LogP contribution >= 0.6 is 0 Å². The van der Waals surface area contributed by atoms with Crippen LogP contribution in [0.25, 0.3) is 11.1 Å². The molecule has 186 valence electrons. The first-order chi connectivity index (χ1) is 15.2. The van der Waals surface area contributed by atoms with Gasteiger partial charge in [-0.1, -0.05) is 6.07 Å². The molecule has 2 aromatic rings. The number of aromatic amines is 1. The number of alkyl halides is 10. The monoisotopic (exact) mass is 510 g/mol. The molecule has 5 N–H and O–H groups in total. The second kappa shape index (κ2) is 7.91. The number of anilines is 1. The number of hydrogen-bond acceptors (Lipinski definition) is 4. The fraction of sp³-hybridized carbons (Fsp3) is 0.235. The zero-order valence-corrected chi connectivity index (χ0v) is 15.7. The van der Waals surface area contributed by atoms with Crippen molar-refractivity contribution in [1.29, 1.82) is 0 Å². The smallest absolute Gasteiger partial charge is 0.460 e. The Morgan fingerprint density at radius 2 is 1.32 bits per heavy atom. The first kappa shape index (κ1) is 26.5. The van der Waals surface area contributed by atoms with Crippen molar-refractivity contribution in [3.63, 3.8) is 0 Å². The largest absolute Gasteiger partial charge is 0.478 e. The molecule has 0 aliphatic heterocycles. The number of hydrogen-bond donors (Lipinski definition) is 4. The highest BCUT2D eigenvalue weighted by Gasteiger charge is 2.74. The van der Waals surface area contributed by atoms with Gasteiger partial charge in [0.15, 0.2) is 0 Å². The quantitative estimate of drug-likeness (QED) is 0.443. The second-order valence-corrected chi connectivity index (χ2v) is 6.51. The van der Waals surface area contributed by atoms with E-state index in [0.29, 0.717) is 0 Å². The van der Waals surface area contributed by atoms with Gasteiger partial charge in [-0.2, -0.15) is 43.9 Å². The van der Waals surface area contributed by atoms with E-state index in [1.165, 1.54) is 0 Å². The molecular formula is C17H8F10N2O5. The molecule has 0 spiro atoms. The van der Waals surface area contributed by atoms with Crippen molar-refractivity contribution in [2.75, 3.05) is 5.73 Å². The summed E-state index contributed by atoms with van der Waals surface area (Å²) in [4.78, 5) is 36.5. The van der Waals surface area contributed by atoms with Gasteiger partial charge in [-0.25, -0.2) is 9.59 Å². The number of pyridine rings is 1. The average Bonchev–Trinajstić information content (AvgIpc) is 2.64. The summed E-state index contributed by atoms with van der Waals surface area (Å²) < 4.78 is 133. The molecule has 7 nitrogen and oxygen atoms in total. The number of aromatic carboxylic acids is 2. The molecule has 2 rings (SSSR count). The molecule has 0 atom stereocenters. The lowest BCUT2D eigenvalue weighted by Crippen LogP contribution is -2.50. The zero-order chi connectivity index (χ0) is 26.6. The fourth-order valence-electron chi connectivity index (χ4n) is 2.89. The summed E-state index contributed by atoms with van der Waals surface area (Å²) in [5.41, 5.74) is -7.78. The van der Waals surface area contributed by atoms with Gasteiger partial charge in [0.05, 0.1) is 5.56 Å². The predicted octanol–water partition coefficient (Wildman–Crippen LogP) is 4.33. The van der Waals surface area contributed by atoms with Crippen LogP contribution in [0.3, 0.4) is 0 Å². The third-order valence-corrected chi connectivity index (χ3v) is 4.37. The summed E-state index contributed by atoms with van der Waals surface area (Å²) in [7, 11) is 0. The molecule has 0 aliphatic carbocycles. The molecule has 0 aliphatic rings. The number of nitrogen functional groups attached to an aromatic ring is 1. The summed E-state index contributed by atoms with van der Waals surface area (Å²) in [6.07, 6.45) is -13.0. The number of carbonyl (C=O) groups is 2. The molecule has 1 aromatic carbocycles. The van der Waals surface area contributed by atoms with Crippen LogP contribution < -0.4 is 11.3 Å². The van der Waals surface area contributed by atoms with E-state index in [2.05, 4.69) is 0 Å². The first-order valence-electron chi connectivity index (χ1n) is 8.23. The number of H-pyrrole nitrogens is 1. The maximum Gasteiger partial charge on any atom is 0.460 e. The predicted molar refractivity (Wildman–Crippen MR) is 90.7 cm³/mol. The van der Waals surface area contributed by atoms with Crippen molar-refractivity contribution in [3.05, 3.63) is 50.8 Å². The van der Waals surface area contributed by atoms with Crippen molar-refractivity contribution < 1.29 is 63.7 Å². The van der Waals surface area contributed by atoms with Gasteiger partial charge in [0.2, 0.25) is 0 Å². The number of aromatic nitrogens is 1. The minimum absolute atomic E-state index is 0.0984. The number of carboxylic acids is 2. The Kier molecular flexibility index (Phi) is 6.16. The topological polar surface area (TPSA) is 133 Å². The maximum atomic E-state index is 14.3. The maximum absolute atomic E-state index is 14.3. The zero-order valence-electron chi connectivity index (χ0n) is 15.7. The van der Waals surface area contributed by atoms with Crippen LogP contribution in [0.5, 0.6) is 0 Å². The van der Waals surface area contributed by atoms with Crippen LogP contribution in [-0.4, -0.2) is 39.2 Å². The standard InChI is InChI=1S/C17H8F10N2O5/c18-14(19,16(23,24)17(25,26)27)6-3-4(1-2-5(6)15(20,21)22)7-8(12(31)32)10(28)29-11(30)9(7)13(33)34/h1-3H,(H,31,32)(H,33,34)(H3,28,29,30). The molecule has 1 aromatic heterocycles. The van der Waals surface area contributed by atoms with Gasteiger partial charge in [0.1, 0.15) is 16.9 Å². The van der Waals surface area contributed by atoms with E-state index in [0.717, 1.165) is 0 Å². The summed E-state index contributed by atoms with van der Waals surface area (Å²) in [6, 6.07) is -0.920. The Morgan fingerprint density at radius 1 is 0.824 bits per heavy atom. The summed E-state index contributed by atoms with van der Waals surface area (Å²) in [5, 5.41) is 18.5. The van der Waals surface area contributed by atoms with Gasteiger partial charge < -0.3 is 20.9 Å². The molecule has 0 saturated heterocycles. The van der Waals surface area contributed by atoms with Crippen LogP contribution in [0.4, 0.5) is 49.7 Å². The van der Waals surface area contributed by atoms with Crippen LogP contribution in [0.2, 0.25) is 0 Å². The van der Waals surface area contributed by atoms with Crippen LogP contribution in [0.1, 0.15) is 31.8 Å². The lowest BCUT2D eigenvalue weighted by molar-refractivity contribution is -0.360. The Bertz CT molecular complexity index is 1230. The molecule has 0 bridgehead atoms. The molecule has 0 radical (unpaired) electrons. The van der Waals surface area contributed by atoms with E-state index in [1.807, 2.05) is 0 Å². The molecule has 0 amide bonds. The SMILES string of the molecule is Nc1[nH]c(=O)c(C(=O)O)c(-c2ccc(C(F)(F)F)c(C(F)(F)C(F)(F)C(F)(F)F)c2)c1C(=O)O. The van der Waals surface area contributed by atoms with Gasteiger partial charge in [0, 0.05) is 11.1 Å². The number of halogens is 10. The highest BCUT2D eigenvalue weighted by atomic mass is 19.4. The number of benzene rings is 1. The highest BCUT2D eigenvalue weighted by Crippen LogP contribution is 2.54. The molecule has 0 unspecified atom stereocenters. The van der Waals surface area contributed by atoms with E-state index in [1.54, 1.807) is 4.98 Å². The molecule has 0 saturated carbocycles. The first-order valence-corrected chi connectivity index (χ1v) is 8.23. The number of carboxylic acid groups (broad SMARTS) is 2. The lowest BCUT2D eigenvalue weighted by Gasteiger charge is -2.30. The van der Waals surface area contributed by atoms with Crippen LogP contribution in [-0.2, 0) is 12.1 Å². The Balaban J connectivity index is 3.11. The Hall–Kier alpha value is -3.79. The van der Waals surface area contributed by atoms with E-state index >= 15 is 0 Å². The van der Waals surface area contributed by atoms with Crippen molar-refractivity contribution in [2.45, 2.75) is 24.2 Å². The second-order valence-electron chi connectivity index (χ2n) is 6.51. The Morgan fingerprint density at radius 3 is 1.74 bits per heavy atom. The molecule has 34 heavy (non-hydrogen) atoms. The Labute approximate surface area is 179 Å². The van der Waals surface area contributed by atoms with E-state index in [9.17, 15) is 68.5 Å². The van der Waals surface area contributed by atoms with Crippen molar-refractivity contribution in [3.8, 4) is 11.1 Å². The van der Waals surface area contributed by atoms with Gasteiger partial charge in [-0.05, 0) is 17.7 Å². The van der Waals surface area contributed by atoms with Gasteiger partial charge in [-0.15, -0.1) is 0 Å². The third-order valence-electron chi connectivity index (χ3n) is 4.37. The summed E-state index contributed by atoms with van der Waals surface area (Å²) >= 11 is 0. The van der Waals surface area contributed by atoms with Crippen molar-refractivity contribution >= 4 is 17.8 Å². The number of nitrogens with one attached hydrogen (secondary N) is 1. The normalized spacial score (nSPS) is 13.1. The van der Waals surface area contributed by atoms with Crippen LogP contribution in [0.15, 0.2) is 23.0 Å².